The fourth-order valence-electron chi connectivity index (χ4n) is 3.53. The molecule has 0 bridgehead atoms. The van der Waals surface area contributed by atoms with Crippen molar-refractivity contribution >= 4 is 43.5 Å². The van der Waals surface area contributed by atoms with Gasteiger partial charge in [0.15, 0.2) is 0 Å². The Kier molecular flexibility index (Phi) is 10.6. The summed E-state index contributed by atoms with van der Waals surface area (Å²) in [7, 11) is -3.50. The monoisotopic (exact) mass is 551 g/mol. The second-order valence-electron chi connectivity index (χ2n) is 8.39. The van der Waals surface area contributed by atoms with Gasteiger partial charge in [0.25, 0.3) is 0 Å². The van der Waals surface area contributed by atoms with Crippen LogP contribution in [0.4, 0.5) is 5.69 Å². The summed E-state index contributed by atoms with van der Waals surface area (Å²) in [4.78, 5) is 27.4. The summed E-state index contributed by atoms with van der Waals surface area (Å²) >= 11 is 3.45. The number of carbonyl (C=O) groups is 2. The lowest BCUT2D eigenvalue weighted by Crippen LogP contribution is -2.47. The molecule has 0 heterocycles. The van der Waals surface area contributed by atoms with Crippen molar-refractivity contribution in [3.05, 3.63) is 64.1 Å². The molecule has 0 saturated heterocycles. The summed E-state index contributed by atoms with van der Waals surface area (Å²) in [6.07, 6.45) is 2.42. The highest BCUT2D eigenvalue weighted by Crippen LogP contribution is 2.20. The third-order valence-electron chi connectivity index (χ3n) is 5.43. The second kappa shape index (κ2) is 12.9. The Hall–Kier alpha value is -2.39. The Bertz CT molecular complexity index is 1070. The van der Waals surface area contributed by atoms with Crippen molar-refractivity contribution in [3.63, 3.8) is 0 Å². The van der Waals surface area contributed by atoms with Crippen molar-refractivity contribution in [1.82, 2.24) is 10.2 Å². The van der Waals surface area contributed by atoms with E-state index in [1.807, 2.05) is 50.2 Å². The SMILES string of the molecule is CCCNC(=O)[C@@H](C)N(Cc1cccc(Br)c1)C(=O)CCCN(c1ccc(C)cc1)S(C)(=O)=O. The first-order chi connectivity index (χ1) is 16.0. The van der Waals surface area contributed by atoms with E-state index in [2.05, 4.69) is 21.2 Å². The predicted octanol–water partition coefficient (Wildman–Crippen LogP) is 4.25. The molecule has 9 heteroatoms. The average Bonchev–Trinajstić information content (AvgIpc) is 2.78. The number of aryl methyl sites for hydroxylation is 1. The maximum Gasteiger partial charge on any atom is 0.242 e. The lowest BCUT2D eigenvalue weighted by atomic mass is 10.1. The number of halogens is 1. The van der Waals surface area contributed by atoms with Crippen LogP contribution in [0.2, 0.25) is 0 Å². The molecule has 1 atom stereocenters. The molecule has 34 heavy (non-hydrogen) atoms. The molecule has 2 aromatic carbocycles. The first-order valence-corrected chi connectivity index (χ1v) is 14.0. The molecule has 0 aliphatic rings. The smallest absolute Gasteiger partial charge is 0.242 e. The van der Waals surface area contributed by atoms with Gasteiger partial charge in [-0.15, -0.1) is 0 Å². The van der Waals surface area contributed by atoms with Crippen LogP contribution in [0.1, 0.15) is 44.2 Å². The lowest BCUT2D eigenvalue weighted by molar-refractivity contribution is -0.140. The van der Waals surface area contributed by atoms with Gasteiger partial charge >= 0.3 is 0 Å². The van der Waals surface area contributed by atoms with Crippen LogP contribution in [0.5, 0.6) is 0 Å². The zero-order chi connectivity index (χ0) is 25.3. The van der Waals surface area contributed by atoms with Gasteiger partial charge in [-0.05, 0) is 56.5 Å². The first-order valence-electron chi connectivity index (χ1n) is 11.4. The largest absolute Gasteiger partial charge is 0.354 e. The minimum Gasteiger partial charge on any atom is -0.354 e. The summed E-state index contributed by atoms with van der Waals surface area (Å²) in [5.74, 6) is -0.404. The summed E-state index contributed by atoms with van der Waals surface area (Å²) in [6, 6.07) is 14.2. The number of rotatable bonds is 12. The average molecular weight is 553 g/mol. The Balaban J connectivity index is 2.14. The Morgan fingerprint density at radius 2 is 1.79 bits per heavy atom. The van der Waals surface area contributed by atoms with E-state index in [0.29, 0.717) is 18.7 Å². The summed E-state index contributed by atoms with van der Waals surface area (Å²) in [6.45, 7) is 6.63. The van der Waals surface area contributed by atoms with Crippen LogP contribution in [0.15, 0.2) is 53.0 Å². The van der Waals surface area contributed by atoms with Gasteiger partial charge in [0.05, 0.1) is 11.9 Å². The molecule has 0 fully saturated rings. The van der Waals surface area contributed by atoms with E-state index >= 15 is 0 Å². The summed E-state index contributed by atoms with van der Waals surface area (Å²) < 4.78 is 26.9. The molecule has 0 radical (unpaired) electrons. The van der Waals surface area contributed by atoms with E-state index < -0.39 is 16.1 Å². The topological polar surface area (TPSA) is 86.8 Å². The molecule has 7 nitrogen and oxygen atoms in total. The number of carbonyl (C=O) groups excluding carboxylic acids is 2. The molecule has 0 aliphatic carbocycles. The molecule has 0 unspecified atom stereocenters. The molecule has 0 spiro atoms. The molecule has 0 aliphatic heterocycles. The van der Waals surface area contributed by atoms with Gasteiger partial charge in [-0.1, -0.05) is 52.7 Å². The second-order valence-corrected chi connectivity index (χ2v) is 11.2. The fraction of sp³-hybridized carbons (Fsp3) is 0.440. The standard InChI is InChI=1S/C25H34BrN3O4S/c1-5-15-27-25(31)20(3)28(18-21-8-6-9-22(26)17-21)24(30)10-7-16-29(34(4,32)33)23-13-11-19(2)12-14-23/h6,8-9,11-14,17,20H,5,7,10,15-16,18H2,1-4H3,(H,27,31)/t20-/m1/s1. The van der Waals surface area contributed by atoms with Crippen molar-refractivity contribution in [1.29, 1.82) is 0 Å². The molecule has 2 rings (SSSR count). The van der Waals surface area contributed by atoms with Crippen molar-refractivity contribution in [3.8, 4) is 0 Å². The molecule has 1 N–H and O–H groups in total. The van der Waals surface area contributed by atoms with E-state index in [4.69, 9.17) is 0 Å². The van der Waals surface area contributed by atoms with Crippen LogP contribution < -0.4 is 9.62 Å². The fourth-order valence-corrected chi connectivity index (χ4v) is 4.94. The maximum atomic E-state index is 13.2. The molecular weight excluding hydrogens is 518 g/mol. The van der Waals surface area contributed by atoms with Crippen molar-refractivity contribution in [2.75, 3.05) is 23.7 Å². The highest BCUT2D eigenvalue weighted by Gasteiger charge is 2.26. The van der Waals surface area contributed by atoms with Crippen LogP contribution in [-0.4, -0.2) is 50.5 Å². The van der Waals surface area contributed by atoms with Crippen LogP contribution in [0, 0.1) is 6.92 Å². The molecular formula is C25H34BrN3O4S. The number of nitrogens with one attached hydrogen (secondary N) is 1. The Morgan fingerprint density at radius 1 is 1.12 bits per heavy atom. The summed E-state index contributed by atoms with van der Waals surface area (Å²) in [5, 5.41) is 2.86. The van der Waals surface area contributed by atoms with Crippen molar-refractivity contribution < 1.29 is 18.0 Å². The zero-order valence-corrected chi connectivity index (χ0v) is 22.7. The lowest BCUT2D eigenvalue weighted by Gasteiger charge is -2.29. The van der Waals surface area contributed by atoms with Gasteiger partial charge in [0, 0.05) is 30.5 Å². The molecule has 2 amide bonds. The van der Waals surface area contributed by atoms with Gasteiger partial charge in [0.2, 0.25) is 21.8 Å². The van der Waals surface area contributed by atoms with Gasteiger partial charge in [-0.3, -0.25) is 13.9 Å². The van der Waals surface area contributed by atoms with E-state index in [0.717, 1.165) is 28.3 Å². The number of benzene rings is 2. The Labute approximate surface area is 211 Å². The van der Waals surface area contributed by atoms with Gasteiger partial charge in [0.1, 0.15) is 6.04 Å². The van der Waals surface area contributed by atoms with Crippen LogP contribution in [0.25, 0.3) is 0 Å². The third-order valence-corrected chi connectivity index (χ3v) is 7.12. The predicted molar refractivity (Wildman–Crippen MR) is 140 cm³/mol. The van der Waals surface area contributed by atoms with Crippen LogP contribution in [0.3, 0.4) is 0 Å². The quantitative estimate of drug-likeness (QED) is 0.427. The number of nitrogens with zero attached hydrogens (tertiary/aromatic N) is 2. The summed E-state index contributed by atoms with van der Waals surface area (Å²) in [5.41, 5.74) is 2.50. The van der Waals surface area contributed by atoms with Gasteiger partial charge in [-0.2, -0.15) is 0 Å². The zero-order valence-electron chi connectivity index (χ0n) is 20.3. The molecule has 2 aromatic rings. The number of sulfonamides is 1. The first kappa shape index (κ1) is 27.9. The molecule has 186 valence electrons. The minimum absolute atomic E-state index is 0.122. The number of hydrogen-bond acceptors (Lipinski definition) is 4. The van der Waals surface area contributed by atoms with Crippen LogP contribution in [-0.2, 0) is 26.2 Å². The van der Waals surface area contributed by atoms with E-state index in [-0.39, 0.29) is 31.3 Å². The molecule has 0 aromatic heterocycles. The Morgan fingerprint density at radius 3 is 2.38 bits per heavy atom. The van der Waals surface area contributed by atoms with Crippen molar-refractivity contribution in [2.45, 2.75) is 52.6 Å². The molecule has 0 saturated carbocycles. The third kappa shape index (κ3) is 8.43. The van der Waals surface area contributed by atoms with E-state index in [9.17, 15) is 18.0 Å². The highest BCUT2D eigenvalue weighted by molar-refractivity contribution is 9.10. The highest BCUT2D eigenvalue weighted by atomic mass is 79.9. The van der Waals surface area contributed by atoms with E-state index in [1.165, 1.54) is 4.31 Å². The van der Waals surface area contributed by atoms with Crippen molar-refractivity contribution in [2.24, 2.45) is 0 Å². The van der Waals surface area contributed by atoms with Crippen LogP contribution >= 0.6 is 15.9 Å². The number of anilines is 1. The maximum absolute atomic E-state index is 13.2. The minimum atomic E-state index is -3.50. The number of hydrogen-bond donors (Lipinski definition) is 1. The van der Waals surface area contributed by atoms with Gasteiger partial charge in [-0.25, -0.2) is 8.42 Å². The normalized spacial score (nSPS) is 12.1. The number of amides is 2. The van der Waals surface area contributed by atoms with Gasteiger partial charge < -0.3 is 10.2 Å². The van der Waals surface area contributed by atoms with E-state index in [1.54, 1.807) is 24.0 Å².